The van der Waals surface area contributed by atoms with E-state index in [2.05, 4.69) is 15.3 Å². The van der Waals surface area contributed by atoms with Crippen LogP contribution in [0.1, 0.15) is 11.1 Å². The smallest absolute Gasteiger partial charge is 0.325 e. The molecule has 0 aliphatic heterocycles. The third kappa shape index (κ3) is 4.88. The monoisotopic (exact) mass is 459 g/mol. The first-order valence-electron chi connectivity index (χ1n) is 9.20. The number of carbonyl (C=O) groups excluding carboxylic acids is 1. The lowest BCUT2D eigenvalue weighted by atomic mass is 10.1. The van der Waals surface area contributed by atoms with E-state index in [0.29, 0.717) is 5.03 Å². The second-order valence-electron chi connectivity index (χ2n) is 6.79. The number of thioether (sulfide) groups is 1. The number of rotatable bonds is 5. The zero-order chi connectivity index (χ0) is 22.0. The van der Waals surface area contributed by atoms with Crippen LogP contribution in [0.5, 0.6) is 0 Å². The maximum Gasteiger partial charge on any atom is 0.416 e. The van der Waals surface area contributed by atoms with Gasteiger partial charge in [0.05, 0.1) is 16.7 Å². The second-order valence-corrected chi connectivity index (χ2v) is 8.61. The van der Waals surface area contributed by atoms with Gasteiger partial charge in [0.1, 0.15) is 16.2 Å². The highest BCUT2D eigenvalue weighted by Crippen LogP contribution is 2.38. The molecule has 158 valence electrons. The lowest BCUT2D eigenvalue weighted by Gasteiger charge is -2.10. The van der Waals surface area contributed by atoms with Gasteiger partial charge < -0.3 is 5.32 Å². The van der Waals surface area contributed by atoms with Crippen molar-refractivity contribution in [3.8, 4) is 11.1 Å². The Morgan fingerprint density at radius 3 is 2.65 bits per heavy atom. The van der Waals surface area contributed by atoms with Crippen molar-refractivity contribution in [3.05, 3.63) is 71.4 Å². The highest BCUT2D eigenvalue weighted by atomic mass is 32.2. The van der Waals surface area contributed by atoms with Gasteiger partial charge in [-0.15, -0.1) is 11.3 Å². The van der Waals surface area contributed by atoms with E-state index in [1.54, 1.807) is 0 Å². The Labute approximate surface area is 184 Å². The summed E-state index contributed by atoms with van der Waals surface area (Å²) < 4.78 is 38.6. The van der Waals surface area contributed by atoms with Gasteiger partial charge in [-0.25, -0.2) is 9.97 Å². The van der Waals surface area contributed by atoms with Crippen molar-refractivity contribution in [2.24, 2.45) is 0 Å². The number of nitrogens with one attached hydrogen (secondary N) is 1. The van der Waals surface area contributed by atoms with Crippen LogP contribution in [0, 0.1) is 6.92 Å². The van der Waals surface area contributed by atoms with E-state index in [9.17, 15) is 18.0 Å². The lowest BCUT2D eigenvalue weighted by Crippen LogP contribution is -2.15. The van der Waals surface area contributed by atoms with Crippen LogP contribution in [0.3, 0.4) is 0 Å². The number of amides is 1. The first kappa shape index (κ1) is 21.3. The summed E-state index contributed by atoms with van der Waals surface area (Å²) in [5.41, 5.74) is 2.46. The summed E-state index contributed by atoms with van der Waals surface area (Å²) in [6, 6.07) is 12.7. The van der Waals surface area contributed by atoms with E-state index < -0.39 is 17.6 Å². The van der Waals surface area contributed by atoms with Gasteiger partial charge in [0.2, 0.25) is 5.91 Å². The number of aromatic nitrogens is 2. The van der Waals surface area contributed by atoms with Crippen LogP contribution >= 0.6 is 23.1 Å². The Morgan fingerprint density at radius 1 is 1.13 bits per heavy atom. The van der Waals surface area contributed by atoms with Gasteiger partial charge in [0.25, 0.3) is 0 Å². The largest absolute Gasteiger partial charge is 0.416 e. The minimum absolute atomic E-state index is 0.00550. The number of anilines is 1. The summed E-state index contributed by atoms with van der Waals surface area (Å²) in [4.78, 5) is 21.8. The van der Waals surface area contributed by atoms with Crippen molar-refractivity contribution in [1.82, 2.24) is 9.97 Å². The second kappa shape index (κ2) is 8.68. The van der Waals surface area contributed by atoms with Crippen molar-refractivity contribution in [2.75, 3.05) is 11.1 Å². The SMILES string of the molecule is Cc1ccc(-c2csc3ncnc(SCC(=O)Nc4cccc(C(F)(F)F)c4)c23)cc1. The summed E-state index contributed by atoms with van der Waals surface area (Å²) in [7, 11) is 0. The fourth-order valence-electron chi connectivity index (χ4n) is 3.01. The molecule has 2 aromatic carbocycles. The fourth-order valence-corrected chi connectivity index (χ4v) is 4.80. The predicted octanol–water partition coefficient (Wildman–Crippen LogP) is 6.42. The number of alkyl halides is 3. The molecular formula is C22H16F3N3OS2. The van der Waals surface area contributed by atoms with E-state index in [-0.39, 0.29) is 11.4 Å². The first-order chi connectivity index (χ1) is 14.8. The average Bonchev–Trinajstić information content (AvgIpc) is 3.17. The quantitative estimate of drug-likeness (QED) is 0.277. The first-order valence-corrected chi connectivity index (χ1v) is 11.1. The van der Waals surface area contributed by atoms with Gasteiger partial charge in [0.15, 0.2) is 0 Å². The van der Waals surface area contributed by atoms with Gasteiger partial charge in [0, 0.05) is 16.6 Å². The van der Waals surface area contributed by atoms with Gasteiger partial charge >= 0.3 is 6.18 Å². The van der Waals surface area contributed by atoms with Crippen LogP contribution in [0.2, 0.25) is 0 Å². The zero-order valence-corrected chi connectivity index (χ0v) is 17.9. The summed E-state index contributed by atoms with van der Waals surface area (Å²) in [6.07, 6.45) is -3.02. The molecule has 2 aromatic heterocycles. The molecule has 1 amide bonds. The number of carbonyl (C=O) groups is 1. The summed E-state index contributed by atoms with van der Waals surface area (Å²) >= 11 is 2.72. The third-order valence-corrected chi connectivity index (χ3v) is 6.39. The summed E-state index contributed by atoms with van der Waals surface area (Å²) in [5, 5.41) is 6.05. The fraction of sp³-hybridized carbons (Fsp3) is 0.136. The summed E-state index contributed by atoms with van der Waals surface area (Å²) in [5.74, 6) is -0.408. The van der Waals surface area contributed by atoms with Crippen molar-refractivity contribution >= 4 is 44.9 Å². The molecule has 4 aromatic rings. The normalized spacial score (nSPS) is 11.6. The lowest BCUT2D eigenvalue weighted by molar-refractivity contribution is -0.137. The molecular weight excluding hydrogens is 443 g/mol. The van der Waals surface area contributed by atoms with Crippen molar-refractivity contribution in [1.29, 1.82) is 0 Å². The molecule has 0 fully saturated rings. The number of benzene rings is 2. The average molecular weight is 460 g/mol. The number of nitrogens with zero attached hydrogens (tertiary/aromatic N) is 2. The number of aryl methyl sites for hydroxylation is 1. The highest BCUT2D eigenvalue weighted by molar-refractivity contribution is 8.00. The van der Waals surface area contributed by atoms with Crippen molar-refractivity contribution in [3.63, 3.8) is 0 Å². The number of halogens is 3. The zero-order valence-electron chi connectivity index (χ0n) is 16.2. The Bertz CT molecular complexity index is 1240. The Morgan fingerprint density at radius 2 is 1.90 bits per heavy atom. The van der Waals surface area contributed by atoms with Gasteiger partial charge in [-0.3, -0.25) is 4.79 Å². The molecule has 0 radical (unpaired) electrons. The Hall–Kier alpha value is -2.91. The molecule has 0 bridgehead atoms. The molecule has 0 unspecified atom stereocenters. The van der Waals surface area contributed by atoms with E-state index in [0.717, 1.165) is 39.0 Å². The molecule has 2 heterocycles. The van der Waals surface area contributed by atoms with Gasteiger partial charge in [-0.05, 0) is 30.7 Å². The number of hydrogen-bond donors (Lipinski definition) is 1. The van der Waals surface area contributed by atoms with Crippen molar-refractivity contribution in [2.45, 2.75) is 18.1 Å². The van der Waals surface area contributed by atoms with E-state index in [1.165, 1.54) is 41.6 Å². The molecule has 1 N–H and O–H groups in total. The Balaban J connectivity index is 1.52. The maximum absolute atomic E-state index is 12.9. The minimum Gasteiger partial charge on any atom is -0.325 e. The molecule has 0 saturated heterocycles. The van der Waals surface area contributed by atoms with Crippen LogP contribution in [0.25, 0.3) is 21.3 Å². The van der Waals surface area contributed by atoms with Crippen LogP contribution < -0.4 is 5.32 Å². The highest BCUT2D eigenvalue weighted by Gasteiger charge is 2.30. The molecule has 4 rings (SSSR count). The van der Waals surface area contributed by atoms with Crippen LogP contribution in [0.15, 0.2) is 65.3 Å². The molecule has 31 heavy (non-hydrogen) atoms. The van der Waals surface area contributed by atoms with E-state index >= 15 is 0 Å². The number of thiophene rings is 1. The molecule has 0 atom stereocenters. The maximum atomic E-state index is 12.9. The molecule has 0 spiro atoms. The number of hydrogen-bond acceptors (Lipinski definition) is 5. The minimum atomic E-state index is -4.46. The van der Waals surface area contributed by atoms with E-state index in [1.807, 2.05) is 36.6 Å². The van der Waals surface area contributed by atoms with Crippen molar-refractivity contribution < 1.29 is 18.0 Å². The topological polar surface area (TPSA) is 54.9 Å². The molecule has 0 aliphatic carbocycles. The Kier molecular flexibility index (Phi) is 5.97. The molecule has 4 nitrogen and oxygen atoms in total. The molecule has 0 aliphatic rings. The molecule has 0 saturated carbocycles. The van der Waals surface area contributed by atoms with Crippen LogP contribution in [0.4, 0.5) is 18.9 Å². The number of fused-ring (bicyclic) bond motifs is 1. The molecule has 9 heteroatoms. The standard InChI is InChI=1S/C22H16F3N3OS2/c1-13-5-7-14(8-6-13)17-10-30-20-19(17)21(27-12-26-20)31-11-18(29)28-16-4-2-3-15(9-16)22(23,24)25/h2-10,12H,11H2,1H3,(H,28,29). The van der Waals surface area contributed by atoms with Gasteiger partial charge in [-0.2, -0.15) is 13.2 Å². The van der Waals surface area contributed by atoms with E-state index in [4.69, 9.17) is 0 Å². The van der Waals surface area contributed by atoms with Gasteiger partial charge in [-0.1, -0.05) is 47.7 Å². The van der Waals surface area contributed by atoms with Crippen LogP contribution in [-0.2, 0) is 11.0 Å². The predicted molar refractivity (Wildman–Crippen MR) is 118 cm³/mol. The third-order valence-electron chi connectivity index (χ3n) is 4.51. The van der Waals surface area contributed by atoms with Crippen LogP contribution in [-0.4, -0.2) is 21.6 Å². The summed E-state index contributed by atoms with van der Waals surface area (Å²) in [6.45, 7) is 2.02.